The average Bonchev–Trinajstić information content (AvgIpc) is 3.07. The van der Waals surface area contributed by atoms with Gasteiger partial charge < -0.3 is 14.7 Å². The van der Waals surface area contributed by atoms with E-state index in [9.17, 15) is 13.9 Å². The lowest BCUT2D eigenvalue weighted by atomic mass is 9.84. The maximum absolute atomic E-state index is 13.5. The fourth-order valence-corrected chi connectivity index (χ4v) is 4.30. The van der Waals surface area contributed by atoms with Gasteiger partial charge in [0.25, 0.3) is 5.95 Å². The van der Waals surface area contributed by atoms with Gasteiger partial charge in [-0.1, -0.05) is 0 Å². The first-order valence-electron chi connectivity index (χ1n) is 10.6. The molecule has 0 aromatic carbocycles. The molecule has 0 radical (unpaired) electrons. The SMILES string of the molecule is Cc1cc(C)n(-c2nc(CC3CCC(F)(F)CC3)cc(N3CCO[C@H](CO)C3)n2)n1. The predicted molar refractivity (Wildman–Crippen MR) is 108 cm³/mol. The van der Waals surface area contributed by atoms with Gasteiger partial charge in [-0.3, -0.25) is 0 Å². The molecule has 0 bridgehead atoms. The number of halogens is 2. The molecule has 0 unspecified atom stereocenters. The van der Waals surface area contributed by atoms with Crippen molar-refractivity contribution in [3.63, 3.8) is 0 Å². The Morgan fingerprint density at radius 3 is 2.63 bits per heavy atom. The van der Waals surface area contributed by atoms with Crippen molar-refractivity contribution < 1.29 is 18.6 Å². The third kappa shape index (κ3) is 4.78. The molecule has 0 amide bonds. The second-order valence-electron chi connectivity index (χ2n) is 8.48. The summed E-state index contributed by atoms with van der Waals surface area (Å²) >= 11 is 0. The van der Waals surface area contributed by atoms with Gasteiger partial charge in [-0.15, -0.1) is 0 Å². The summed E-state index contributed by atoms with van der Waals surface area (Å²) in [4.78, 5) is 11.6. The van der Waals surface area contributed by atoms with E-state index in [1.165, 1.54) is 0 Å². The zero-order valence-electron chi connectivity index (χ0n) is 17.5. The number of alkyl halides is 2. The van der Waals surface area contributed by atoms with E-state index in [2.05, 4.69) is 10.00 Å². The van der Waals surface area contributed by atoms with Crippen LogP contribution in [0.15, 0.2) is 12.1 Å². The van der Waals surface area contributed by atoms with E-state index < -0.39 is 5.92 Å². The van der Waals surface area contributed by atoms with Crippen molar-refractivity contribution in [1.82, 2.24) is 19.7 Å². The number of aromatic nitrogens is 4. The molecular formula is C21H29F2N5O2. The quantitative estimate of drug-likeness (QED) is 0.800. The molecular weight excluding hydrogens is 392 g/mol. The van der Waals surface area contributed by atoms with Gasteiger partial charge >= 0.3 is 0 Å². The third-order valence-electron chi connectivity index (χ3n) is 5.95. The second-order valence-corrected chi connectivity index (χ2v) is 8.48. The number of aryl methyl sites for hydroxylation is 2. The number of hydrogen-bond acceptors (Lipinski definition) is 6. The summed E-state index contributed by atoms with van der Waals surface area (Å²) in [6.45, 7) is 5.55. The Bertz CT molecular complexity index is 878. The number of anilines is 1. The Kier molecular flexibility index (Phi) is 6.02. The third-order valence-corrected chi connectivity index (χ3v) is 5.95. The van der Waals surface area contributed by atoms with Crippen LogP contribution < -0.4 is 4.90 Å². The second kappa shape index (κ2) is 8.55. The largest absolute Gasteiger partial charge is 0.394 e. The molecule has 1 saturated carbocycles. The zero-order valence-corrected chi connectivity index (χ0v) is 17.5. The topological polar surface area (TPSA) is 76.3 Å². The van der Waals surface area contributed by atoms with E-state index in [-0.39, 0.29) is 31.5 Å². The summed E-state index contributed by atoms with van der Waals surface area (Å²) in [5.74, 6) is -1.10. The van der Waals surface area contributed by atoms with Crippen LogP contribution >= 0.6 is 0 Å². The molecule has 0 spiro atoms. The van der Waals surface area contributed by atoms with Gasteiger partial charge in [-0.05, 0) is 45.1 Å². The van der Waals surface area contributed by atoms with Crippen LogP contribution in [0.4, 0.5) is 14.6 Å². The monoisotopic (exact) mass is 421 g/mol. The van der Waals surface area contributed by atoms with Crippen LogP contribution in [0, 0.1) is 19.8 Å². The van der Waals surface area contributed by atoms with Crippen molar-refractivity contribution in [2.45, 2.75) is 58.0 Å². The molecule has 30 heavy (non-hydrogen) atoms. The van der Waals surface area contributed by atoms with Crippen LogP contribution in [0.25, 0.3) is 5.95 Å². The van der Waals surface area contributed by atoms with Crippen LogP contribution in [0.1, 0.15) is 42.8 Å². The Labute approximate surface area is 175 Å². The molecule has 2 fully saturated rings. The highest BCUT2D eigenvalue weighted by atomic mass is 19.3. The first-order valence-corrected chi connectivity index (χ1v) is 10.6. The summed E-state index contributed by atoms with van der Waals surface area (Å²) < 4.78 is 34.4. The number of nitrogens with zero attached hydrogens (tertiary/aromatic N) is 5. The first kappa shape index (κ1) is 21.1. The average molecular weight is 421 g/mol. The smallest absolute Gasteiger partial charge is 0.252 e. The van der Waals surface area contributed by atoms with Gasteiger partial charge in [0.1, 0.15) is 5.82 Å². The van der Waals surface area contributed by atoms with Crippen molar-refractivity contribution in [2.75, 3.05) is 31.2 Å². The van der Waals surface area contributed by atoms with Gasteiger partial charge in [0.2, 0.25) is 5.92 Å². The summed E-state index contributed by atoms with van der Waals surface area (Å²) in [5, 5.41) is 14.0. The molecule has 2 aliphatic rings. The lowest BCUT2D eigenvalue weighted by molar-refractivity contribution is -0.0457. The van der Waals surface area contributed by atoms with Crippen LogP contribution in [0.2, 0.25) is 0 Å². The number of hydrogen-bond donors (Lipinski definition) is 1. The molecule has 2 aromatic heterocycles. The molecule has 1 N–H and O–H groups in total. The molecule has 1 aliphatic heterocycles. The number of ether oxygens (including phenoxy) is 1. The van der Waals surface area contributed by atoms with Gasteiger partial charge in [0.05, 0.1) is 25.0 Å². The molecule has 7 nitrogen and oxygen atoms in total. The molecule has 1 atom stereocenters. The predicted octanol–water partition coefficient (Wildman–Crippen LogP) is 2.84. The number of rotatable bonds is 5. The molecule has 4 rings (SSSR count). The van der Waals surface area contributed by atoms with E-state index in [0.717, 1.165) is 22.9 Å². The maximum atomic E-state index is 13.5. The van der Waals surface area contributed by atoms with Gasteiger partial charge in [-0.2, -0.15) is 10.1 Å². The maximum Gasteiger partial charge on any atom is 0.252 e. The molecule has 9 heteroatoms. The lowest BCUT2D eigenvalue weighted by Gasteiger charge is -2.33. The fourth-order valence-electron chi connectivity index (χ4n) is 4.30. The van der Waals surface area contributed by atoms with Crippen molar-refractivity contribution >= 4 is 5.82 Å². The van der Waals surface area contributed by atoms with Crippen molar-refractivity contribution in [1.29, 1.82) is 0 Å². The van der Waals surface area contributed by atoms with Gasteiger partial charge in [0, 0.05) is 43.4 Å². The van der Waals surface area contributed by atoms with Crippen molar-refractivity contribution in [3.05, 3.63) is 29.2 Å². The Hall–Kier alpha value is -2.13. The molecule has 2 aromatic rings. The summed E-state index contributed by atoms with van der Waals surface area (Å²) in [7, 11) is 0. The Morgan fingerprint density at radius 2 is 1.97 bits per heavy atom. The van der Waals surface area contributed by atoms with Crippen LogP contribution in [0.3, 0.4) is 0 Å². The lowest BCUT2D eigenvalue weighted by Crippen LogP contribution is -2.44. The molecule has 1 aliphatic carbocycles. The van der Waals surface area contributed by atoms with E-state index in [0.29, 0.717) is 44.9 Å². The minimum absolute atomic E-state index is 0.0466. The van der Waals surface area contributed by atoms with Gasteiger partial charge in [-0.25, -0.2) is 18.4 Å². The number of aliphatic hydroxyl groups excluding tert-OH is 1. The number of morpholine rings is 1. The highest BCUT2D eigenvalue weighted by Gasteiger charge is 2.35. The van der Waals surface area contributed by atoms with Crippen molar-refractivity contribution in [3.8, 4) is 5.95 Å². The minimum atomic E-state index is -2.53. The first-order chi connectivity index (χ1) is 14.3. The van der Waals surface area contributed by atoms with Crippen LogP contribution in [0.5, 0.6) is 0 Å². The van der Waals surface area contributed by atoms with Gasteiger partial charge in [0.15, 0.2) is 0 Å². The summed E-state index contributed by atoms with van der Waals surface area (Å²) in [6.07, 6.45) is 1.29. The van der Waals surface area contributed by atoms with E-state index in [4.69, 9.17) is 14.7 Å². The van der Waals surface area contributed by atoms with Crippen LogP contribution in [-0.4, -0.2) is 63.2 Å². The zero-order chi connectivity index (χ0) is 21.3. The molecule has 1 saturated heterocycles. The number of aliphatic hydroxyl groups is 1. The van der Waals surface area contributed by atoms with Crippen molar-refractivity contribution in [2.24, 2.45) is 5.92 Å². The van der Waals surface area contributed by atoms with E-state index in [1.54, 1.807) is 4.68 Å². The fraction of sp³-hybridized carbons (Fsp3) is 0.667. The highest BCUT2D eigenvalue weighted by Crippen LogP contribution is 2.37. The van der Waals surface area contributed by atoms with E-state index in [1.807, 2.05) is 26.0 Å². The van der Waals surface area contributed by atoms with Crippen LogP contribution in [-0.2, 0) is 11.2 Å². The Balaban J connectivity index is 1.63. The summed E-state index contributed by atoms with van der Waals surface area (Å²) in [6, 6.07) is 3.91. The highest BCUT2D eigenvalue weighted by molar-refractivity contribution is 5.43. The standard InChI is InChI=1S/C21H29F2N5O2/c1-14-9-15(2)28(26-14)20-24-17(10-16-3-5-21(22,23)6-4-16)11-19(25-20)27-7-8-30-18(12-27)13-29/h9,11,16,18,29H,3-8,10,12-13H2,1-2H3/t18-/m0/s1. The Morgan fingerprint density at radius 1 is 1.20 bits per heavy atom. The minimum Gasteiger partial charge on any atom is -0.394 e. The normalized spacial score (nSPS) is 22.4. The summed E-state index contributed by atoms with van der Waals surface area (Å²) in [5.41, 5.74) is 2.65. The molecule has 3 heterocycles. The van der Waals surface area contributed by atoms with E-state index >= 15 is 0 Å². The molecule has 164 valence electrons.